The second kappa shape index (κ2) is 25.3. The standard InChI is InChI=1S/C29H22N4O.C29H20N4O.C20H15BN2.C9H8N2O.Pt/c2*1-29(2)24-10-4-9-23-22-13-12-21(34-20-8-3-7-19(17-20)32-16-6-15-31-32)18-26(22)33(27(23)24)28-25(29)11-5-14-30-28;1-20(2)15-6-3-5-14-13-9-8-12(21)11-17(13)23(18(14)15)19-16(20)7-4-10-22-19;12-9-4-1-3-8(7-9)11-6-2-5-10-11;/h3-18H,1-2H3;3-16H,1-2H3;3-11H,1-2H3;1-7,12H;/q;-2;;;+2. The molecule has 504 valence electrons. The average Bonchev–Trinajstić information content (AvgIpc) is 1.53. The van der Waals surface area contributed by atoms with Crippen molar-refractivity contribution in [2.45, 2.75) is 57.8 Å². The normalized spacial score (nSPS) is 13.5. The Hall–Kier alpha value is -12.4. The van der Waals surface area contributed by atoms with Gasteiger partial charge in [-0.3, -0.25) is 13.8 Å². The number of pyridine rings is 3. The van der Waals surface area contributed by atoms with Crippen molar-refractivity contribution >= 4 is 78.7 Å². The molecule has 0 unspecified atom stereocenters. The molecule has 3 aliphatic rings. The zero-order valence-corrected chi connectivity index (χ0v) is 59.9. The second-order valence-corrected chi connectivity index (χ2v) is 27.6. The van der Waals surface area contributed by atoms with Gasteiger partial charge in [-0.25, -0.2) is 24.3 Å². The van der Waals surface area contributed by atoms with E-state index in [1.165, 1.54) is 76.9 Å². The SMILES string of the molecule is CC1(C)c2cccnc2-n2c3[c-]c(Oc4[c-]c(-n5cccn5)ccc4)ccc3c3cccc1c32.CC1(C)c2cccnc2-n2c3cc(Oc4cccc(-n5cccn5)c4)ccc3c3cccc1c32.Oc1cccc(-n2cccn2)c1.[B]c1ccc2c3cccc4c3n(c2c1)-c1ncccc1C4(C)C.[Pt+2]. The minimum Gasteiger partial charge on any atom is -0.509 e. The number of hydrogen-bond acceptors (Lipinski definition) is 9. The third-order valence-electron chi connectivity index (χ3n) is 20.4. The molecule has 0 saturated heterocycles. The van der Waals surface area contributed by atoms with Crippen molar-refractivity contribution in [2.24, 2.45) is 0 Å². The molecule has 0 aliphatic carbocycles. The Labute approximate surface area is 615 Å². The zero-order chi connectivity index (χ0) is 69.9. The maximum absolute atomic E-state index is 9.17. The summed E-state index contributed by atoms with van der Waals surface area (Å²) >= 11 is 0. The fourth-order valence-electron chi connectivity index (χ4n) is 15.5. The second-order valence-electron chi connectivity index (χ2n) is 27.6. The van der Waals surface area contributed by atoms with Crippen LogP contribution in [0.25, 0.3) is 99.9 Å². The molecule has 9 aromatic heterocycles. The Morgan fingerprint density at radius 1 is 0.365 bits per heavy atom. The van der Waals surface area contributed by atoms with Gasteiger partial charge < -0.3 is 19.1 Å². The number of para-hydroxylation sites is 3. The van der Waals surface area contributed by atoms with E-state index in [9.17, 15) is 5.11 Å². The molecule has 17 heteroatoms. The largest absolute Gasteiger partial charge is 2.00 e. The monoisotopic (exact) mass is 1530 g/mol. The molecular weight excluding hydrogens is 1470 g/mol. The van der Waals surface area contributed by atoms with Crippen molar-refractivity contribution in [3.8, 4) is 63.3 Å². The van der Waals surface area contributed by atoms with Crippen molar-refractivity contribution in [2.75, 3.05) is 0 Å². The van der Waals surface area contributed by atoms with Gasteiger partial charge in [0.2, 0.25) is 0 Å². The molecule has 0 atom stereocenters. The maximum Gasteiger partial charge on any atom is 2.00 e. The molecule has 0 fully saturated rings. The summed E-state index contributed by atoms with van der Waals surface area (Å²) in [6.45, 7) is 13.7. The van der Waals surface area contributed by atoms with E-state index in [-0.39, 0.29) is 43.1 Å². The summed E-state index contributed by atoms with van der Waals surface area (Å²) in [6, 6.07) is 82.0. The molecule has 12 heterocycles. The summed E-state index contributed by atoms with van der Waals surface area (Å²) in [5.41, 5.74) is 17.5. The van der Waals surface area contributed by atoms with Crippen LogP contribution in [0.3, 0.4) is 0 Å². The molecule has 0 bridgehead atoms. The van der Waals surface area contributed by atoms with Gasteiger partial charge in [-0.1, -0.05) is 150 Å². The van der Waals surface area contributed by atoms with Crippen LogP contribution in [0.1, 0.15) is 74.9 Å². The van der Waals surface area contributed by atoms with Gasteiger partial charge >= 0.3 is 21.1 Å². The topological polar surface area (TPSA) is 146 Å². The molecule has 15 nitrogen and oxygen atoms in total. The van der Waals surface area contributed by atoms with Crippen molar-refractivity contribution in [3.63, 3.8) is 0 Å². The summed E-state index contributed by atoms with van der Waals surface area (Å²) < 4.78 is 24.6. The van der Waals surface area contributed by atoms with Crippen LogP contribution in [0.15, 0.2) is 280 Å². The number of fused-ring (bicyclic) bond motifs is 15. The van der Waals surface area contributed by atoms with Gasteiger partial charge in [0.25, 0.3) is 0 Å². The first-order chi connectivity index (χ1) is 50.2. The third kappa shape index (κ3) is 10.7. The Morgan fingerprint density at radius 3 is 1.38 bits per heavy atom. The first kappa shape index (κ1) is 65.0. The quantitative estimate of drug-likeness (QED) is 0.122. The number of hydrogen-bond donors (Lipinski definition) is 1. The minimum absolute atomic E-state index is 0. The number of nitrogens with zero attached hydrogens (tertiary/aromatic N) is 12. The van der Waals surface area contributed by atoms with Gasteiger partial charge in [0.05, 0.1) is 33.4 Å². The van der Waals surface area contributed by atoms with E-state index in [1.807, 2.05) is 145 Å². The summed E-state index contributed by atoms with van der Waals surface area (Å²) in [5, 5.41) is 29.1. The summed E-state index contributed by atoms with van der Waals surface area (Å²) in [4.78, 5) is 14.3. The zero-order valence-electron chi connectivity index (χ0n) is 57.6. The molecule has 9 aromatic carbocycles. The van der Waals surface area contributed by atoms with Gasteiger partial charge in [0.1, 0.15) is 42.5 Å². The van der Waals surface area contributed by atoms with E-state index in [4.69, 9.17) is 32.3 Å². The summed E-state index contributed by atoms with van der Waals surface area (Å²) in [5.74, 6) is 6.00. The van der Waals surface area contributed by atoms with Crippen LogP contribution in [0, 0.1) is 12.1 Å². The molecule has 0 amide bonds. The number of phenols is 1. The third-order valence-corrected chi connectivity index (χ3v) is 20.4. The number of rotatable bonds is 7. The maximum atomic E-state index is 9.17. The van der Waals surface area contributed by atoms with Crippen LogP contribution in [-0.2, 0) is 37.3 Å². The first-order valence-electron chi connectivity index (χ1n) is 34.2. The number of aromatic hydroxyl groups is 1. The number of phenolic OH excluding ortho intramolecular Hbond substituents is 1. The molecule has 0 saturated carbocycles. The molecule has 104 heavy (non-hydrogen) atoms. The van der Waals surface area contributed by atoms with E-state index in [0.717, 1.165) is 73.4 Å². The molecule has 21 rings (SSSR count). The van der Waals surface area contributed by atoms with E-state index < -0.39 is 0 Å². The van der Waals surface area contributed by atoms with Crippen LogP contribution in [0.4, 0.5) is 0 Å². The predicted octanol–water partition coefficient (Wildman–Crippen LogP) is 18.4. The Bertz CT molecular complexity index is 6090. The van der Waals surface area contributed by atoms with Gasteiger partial charge in [-0.05, 0) is 107 Å². The summed E-state index contributed by atoms with van der Waals surface area (Å²) in [7, 11) is 6.06. The van der Waals surface area contributed by atoms with Crippen molar-refractivity contribution < 1.29 is 35.6 Å². The molecule has 2 radical (unpaired) electrons. The van der Waals surface area contributed by atoms with Crippen molar-refractivity contribution in [1.82, 2.24) is 58.0 Å². The van der Waals surface area contributed by atoms with Crippen LogP contribution in [0.2, 0.25) is 0 Å². The first-order valence-corrected chi connectivity index (χ1v) is 34.2. The fraction of sp³-hybridized carbons (Fsp3) is 0.103. The van der Waals surface area contributed by atoms with Gasteiger partial charge in [-0.2, -0.15) is 27.4 Å². The van der Waals surface area contributed by atoms with Crippen LogP contribution < -0.4 is 14.9 Å². The van der Waals surface area contributed by atoms with E-state index in [1.54, 1.807) is 46.2 Å². The Kier molecular flexibility index (Phi) is 15.8. The van der Waals surface area contributed by atoms with E-state index in [2.05, 4.69) is 186 Å². The molecule has 3 aliphatic heterocycles. The van der Waals surface area contributed by atoms with Gasteiger partial charge in [0.15, 0.2) is 0 Å². The number of aromatic nitrogens is 12. The Balaban J connectivity index is 0.000000108. The van der Waals surface area contributed by atoms with Crippen molar-refractivity contribution in [1.29, 1.82) is 0 Å². The van der Waals surface area contributed by atoms with Gasteiger partial charge in [-0.15, -0.1) is 35.7 Å². The molecule has 1 N–H and O–H groups in total. The van der Waals surface area contributed by atoms with Crippen molar-refractivity contribution in [3.05, 3.63) is 326 Å². The van der Waals surface area contributed by atoms with E-state index in [0.29, 0.717) is 11.5 Å². The fourth-order valence-corrected chi connectivity index (χ4v) is 15.5. The minimum atomic E-state index is -0.144. The molecule has 18 aromatic rings. The smallest absolute Gasteiger partial charge is 0.509 e. The Morgan fingerprint density at radius 2 is 0.817 bits per heavy atom. The van der Waals surface area contributed by atoms with Crippen LogP contribution >= 0.6 is 0 Å². The van der Waals surface area contributed by atoms with Gasteiger partial charge in [0, 0.05) is 145 Å². The number of benzene rings is 9. The molecule has 0 spiro atoms. The average molecular weight is 1530 g/mol. The summed E-state index contributed by atoms with van der Waals surface area (Å²) in [6.07, 6.45) is 16.4. The van der Waals surface area contributed by atoms with Crippen LogP contribution in [0.5, 0.6) is 28.7 Å². The molecular formula is C87H65BN12O3Pt. The number of ether oxygens (including phenoxy) is 2. The van der Waals surface area contributed by atoms with Crippen LogP contribution in [-0.4, -0.2) is 70.9 Å². The predicted molar refractivity (Wildman–Crippen MR) is 408 cm³/mol. The van der Waals surface area contributed by atoms with E-state index >= 15 is 0 Å².